The van der Waals surface area contributed by atoms with Gasteiger partial charge in [-0.05, 0) is 13.0 Å². The topological polar surface area (TPSA) is 80.3 Å². The average molecular weight is 389 g/mol. The number of nitrogens with one attached hydrogen (secondary N) is 1. The molecular formula is C20H27N3O5. The van der Waals surface area contributed by atoms with Crippen molar-refractivity contribution in [3.63, 3.8) is 0 Å². The summed E-state index contributed by atoms with van der Waals surface area (Å²) in [6.45, 7) is 5.24. The van der Waals surface area contributed by atoms with Crippen LogP contribution in [0.1, 0.15) is 18.5 Å². The summed E-state index contributed by atoms with van der Waals surface area (Å²) in [5, 5.41) is 2.92. The van der Waals surface area contributed by atoms with Crippen molar-refractivity contribution in [3.8, 4) is 5.75 Å². The van der Waals surface area contributed by atoms with Crippen LogP contribution in [-0.2, 0) is 14.3 Å². The minimum atomic E-state index is -0.644. The smallest absolute Gasteiger partial charge is 0.338 e. The first-order valence-corrected chi connectivity index (χ1v) is 9.44. The number of nitrogens with zero attached hydrogens (tertiary/aromatic N) is 2. The molecule has 0 aromatic heterocycles. The van der Waals surface area contributed by atoms with Crippen LogP contribution in [0, 0.1) is 0 Å². The van der Waals surface area contributed by atoms with Gasteiger partial charge in [-0.3, -0.25) is 9.80 Å². The molecular weight excluding hydrogens is 362 g/mol. The second-order valence-corrected chi connectivity index (χ2v) is 6.65. The lowest BCUT2D eigenvalue weighted by molar-refractivity contribution is -0.139. The highest BCUT2D eigenvalue weighted by molar-refractivity contribution is 5.95. The number of morpholine rings is 1. The molecule has 0 saturated carbocycles. The highest BCUT2D eigenvalue weighted by Crippen LogP contribution is 2.35. The number of hydrogen-bond acceptors (Lipinski definition) is 6. The van der Waals surface area contributed by atoms with Crippen LogP contribution < -0.4 is 10.1 Å². The molecule has 8 heteroatoms. The van der Waals surface area contributed by atoms with E-state index >= 15 is 0 Å². The molecule has 152 valence electrons. The van der Waals surface area contributed by atoms with E-state index in [9.17, 15) is 9.59 Å². The third-order valence-electron chi connectivity index (χ3n) is 5.00. The zero-order chi connectivity index (χ0) is 20.1. The lowest BCUT2D eigenvalue weighted by Gasteiger charge is -2.37. The molecule has 2 amide bonds. The Morgan fingerprint density at radius 3 is 2.68 bits per heavy atom. The molecule has 0 radical (unpaired) electrons. The standard InChI is InChI=1S/C20H27N3O5/c1-4-28-19(24)17-15(13-23-9-11-27-12-10-23)22(2)20(25)21-18(17)14-7-5-6-8-16(14)26-3/h5-8,18H,4,9-13H2,1-3H3,(H,21,25)/t18-/m0/s1. The molecule has 1 N–H and O–H groups in total. The Kier molecular flexibility index (Phi) is 6.53. The second kappa shape index (κ2) is 9.07. The van der Waals surface area contributed by atoms with E-state index in [0.717, 1.165) is 13.1 Å². The van der Waals surface area contributed by atoms with Crippen LogP contribution in [0.3, 0.4) is 0 Å². The second-order valence-electron chi connectivity index (χ2n) is 6.65. The van der Waals surface area contributed by atoms with Crippen molar-refractivity contribution in [1.29, 1.82) is 0 Å². The van der Waals surface area contributed by atoms with Gasteiger partial charge in [-0.2, -0.15) is 0 Å². The summed E-state index contributed by atoms with van der Waals surface area (Å²) in [5.41, 5.74) is 1.79. The van der Waals surface area contributed by atoms with Crippen molar-refractivity contribution in [1.82, 2.24) is 15.1 Å². The number of carbonyl (C=O) groups excluding carboxylic acids is 2. The van der Waals surface area contributed by atoms with E-state index in [4.69, 9.17) is 14.2 Å². The minimum absolute atomic E-state index is 0.253. The quantitative estimate of drug-likeness (QED) is 0.744. The summed E-state index contributed by atoms with van der Waals surface area (Å²) in [7, 11) is 3.24. The third-order valence-corrected chi connectivity index (χ3v) is 5.00. The maximum absolute atomic E-state index is 12.9. The molecule has 2 aliphatic heterocycles. The highest BCUT2D eigenvalue weighted by Gasteiger charge is 2.38. The van der Waals surface area contributed by atoms with Gasteiger partial charge in [0.25, 0.3) is 0 Å². The molecule has 1 aromatic rings. The van der Waals surface area contributed by atoms with Crippen LogP contribution in [0.5, 0.6) is 5.75 Å². The summed E-state index contributed by atoms with van der Waals surface area (Å²) < 4.78 is 16.2. The number of carbonyl (C=O) groups is 2. The first kappa shape index (κ1) is 20.2. The normalized spacial score (nSPS) is 20.8. The number of para-hydroxylation sites is 1. The molecule has 0 spiro atoms. The van der Waals surface area contributed by atoms with Gasteiger partial charge in [0.2, 0.25) is 0 Å². The van der Waals surface area contributed by atoms with Crippen molar-refractivity contribution >= 4 is 12.0 Å². The lowest BCUT2D eigenvalue weighted by atomic mass is 9.93. The van der Waals surface area contributed by atoms with Crippen molar-refractivity contribution in [2.45, 2.75) is 13.0 Å². The van der Waals surface area contributed by atoms with E-state index in [1.807, 2.05) is 24.3 Å². The Morgan fingerprint density at radius 2 is 2.00 bits per heavy atom. The number of rotatable bonds is 6. The Morgan fingerprint density at radius 1 is 1.29 bits per heavy atom. The van der Waals surface area contributed by atoms with E-state index in [2.05, 4.69) is 10.2 Å². The van der Waals surface area contributed by atoms with Gasteiger partial charge < -0.3 is 19.5 Å². The molecule has 1 atom stereocenters. The van der Waals surface area contributed by atoms with Crippen LogP contribution in [-0.4, -0.2) is 75.4 Å². The molecule has 0 unspecified atom stereocenters. The minimum Gasteiger partial charge on any atom is -0.496 e. The number of likely N-dealkylation sites (N-methyl/N-ethyl adjacent to an activating group) is 1. The maximum Gasteiger partial charge on any atom is 0.338 e. The van der Waals surface area contributed by atoms with Gasteiger partial charge in [0, 0.05) is 37.9 Å². The van der Waals surface area contributed by atoms with E-state index in [1.165, 1.54) is 4.90 Å². The number of amides is 2. The number of urea groups is 1. The van der Waals surface area contributed by atoms with Gasteiger partial charge in [0.15, 0.2) is 0 Å². The Balaban J connectivity index is 2.08. The molecule has 1 fully saturated rings. The maximum atomic E-state index is 12.9. The van der Waals surface area contributed by atoms with E-state index in [-0.39, 0.29) is 12.6 Å². The molecule has 2 aliphatic rings. The predicted octanol–water partition coefficient (Wildman–Crippen LogP) is 1.54. The van der Waals surface area contributed by atoms with Gasteiger partial charge in [-0.1, -0.05) is 18.2 Å². The van der Waals surface area contributed by atoms with Crippen molar-refractivity contribution in [2.75, 3.05) is 53.6 Å². The molecule has 3 rings (SSSR count). The van der Waals surface area contributed by atoms with Crippen LogP contribution in [0.4, 0.5) is 4.79 Å². The fraction of sp³-hybridized carbons (Fsp3) is 0.500. The fourth-order valence-corrected chi connectivity index (χ4v) is 3.51. The Bertz CT molecular complexity index is 758. The van der Waals surface area contributed by atoms with Crippen LogP contribution in [0.2, 0.25) is 0 Å². The zero-order valence-electron chi connectivity index (χ0n) is 16.6. The van der Waals surface area contributed by atoms with E-state index in [1.54, 1.807) is 21.1 Å². The summed E-state index contributed by atoms with van der Waals surface area (Å²) >= 11 is 0. The highest BCUT2D eigenvalue weighted by atomic mass is 16.5. The van der Waals surface area contributed by atoms with Crippen LogP contribution in [0.25, 0.3) is 0 Å². The fourth-order valence-electron chi connectivity index (χ4n) is 3.51. The van der Waals surface area contributed by atoms with Crippen molar-refractivity contribution < 1.29 is 23.8 Å². The summed E-state index contributed by atoms with van der Waals surface area (Å²) in [5.74, 6) is 0.165. The number of methoxy groups -OCH3 is 1. The average Bonchev–Trinajstić information content (AvgIpc) is 2.72. The predicted molar refractivity (Wildman–Crippen MR) is 103 cm³/mol. The van der Waals surface area contributed by atoms with Crippen LogP contribution in [0.15, 0.2) is 35.5 Å². The summed E-state index contributed by atoms with van der Waals surface area (Å²) in [4.78, 5) is 29.3. The molecule has 1 saturated heterocycles. The van der Waals surface area contributed by atoms with Crippen LogP contribution >= 0.6 is 0 Å². The monoisotopic (exact) mass is 389 g/mol. The first-order valence-electron chi connectivity index (χ1n) is 9.44. The molecule has 28 heavy (non-hydrogen) atoms. The molecule has 0 aliphatic carbocycles. The molecule has 8 nitrogen and oxygen atoms in total. The van der Waals surface area contributed by atoms with Gasteiger partial charge in [-0.25, -0.2) is 9.59 Å². The van der Waals surface area contributed by atoms with E-state index in [0.29, 0.717) is 42.3 Å². The van der Waals surface area contributed by atoms with Gasteiger partial charge >= 0.3 is 12.0 Å². The van der Waals surface area contributed by atoms with Gasteiger partial charge in [0.1, 0.15) is 5.75 Å². The molecule has 2 heterocycles. The SMILES string of the molecule is CCOC(=O)C1=C(CN2CCOCC2)N(C)C(=O)N[C@H]1c1ccccc1OC. The number of benzene rings is 1. The molecule has 1 aromatic carbocycles. The van der Waals surface area contributed by atoms with Gasteiger partial charge in [0.05, 0.1) is 38.5 Å². The first-order chi connectivity index (χ1) is 13.6. The molecule has 0 bridgehead atoms. The van der Waals surface area contributed by atoms with Crippen molar-refractivity contribution in [3.05, 3.63) is 41.1 Å². The number of hydrogen-bond donors (Lipinski definition) is 1. The van der Waals surface area contributed by atoms with E-state index < -0.39 is 12.0 Å². The summed E-state index contributed by atoms with van der Waals surface area (Å²) in [6, 6.07) is 6.45. The van der Waals surface area contributed by atoms with Crippen molar-refractivity contribution in [2.24, 2.45) is 0 Å². The van der Waals surface area contributed by atoms with Gasteiger partial charge in [-0.15, -0.1) is 0 Å². The zero-order valence-corrected chi connectivity index (χ0v) is 16.6. The lowest BCUT2D eigenvalue weighted by Crippen LogP contribution is -2.50. The summed E-state index contributed by atoms with van der Waals surface area (Å²) in [6.07, 6.45) is 0. The Labute approximate surface area is 165 Å². The largest absolute Gasteiger partial charge is 0.496 e. The third kappa shape index (κ3) is 4.13. The number of esters is 1. The number of ether oxygens (including phenoxy) is 3. The Hall–Kier alpha value is -2.58.